The first-order valence-electron chi connectivity index (χ1n) is 7.00. The van der Waals surface area contributed by atoms with E-state index in [1.165, 1.54) is 6.92 Å². The van der Waals surface area contributed by atoms with Crippen LogP contribution in [-0.4, -0.2) is 17.1 Å². The maximum absolute atomic E-state index is 12.2. The Morgan fingerprint density at radius 1 is 1.43 bits per heavy atom. The number of benzene rings is 1. The van der Waals surface area contributed by atoms with Crippen molar-refractivity contribution in [3.8, 4) is 6.07 Å². The van der Waals surface area contributed by atoms with Crippen LogP contribution in [0.4, 0.5) is 0 Å². The molecule has 1 heterocycles. The van der Waals surface area contributed by atoms with Gasteiger partial charge in [0.2, 0.25) is 0 Å². The number of carbonyl (C=O) groups is 1. The summed E-state index contributed by atoms with van der Waals surface area (Å²) in [5, 5.41) is 15.1. The van der Waals surface area contributed by atoms with Crippen LogP contribution in [0.5, 0.6) is 0 Å². The van der Waals surface area contributed by atoms with Gasteiger partial charge in [-0.1, -0.05) is 41.6 Å². The molecule has 0 amide bonds. The van der Waals surface area contributed by atoms with Gasteiger partial charge in [-0.25, -0.2) is 0 Å². The number of hydrogen-bond donors (Lipinski definition) is 1. The van der Waals surface area contributed by atoms with Gasteiger partial charge in [0.15, 0.2) is 5.78 Å². The normalized spacial score (nSPS) is 17.8. The topological polar surface area (TPSA) is 52.9 Å². The molecule has 0 bridgehead atoms. The van der Waals surface area contributed by atoms with E-state index in [2.05, 4.69) is 11.4 Å². The lowest BCUT2D eigenvalue weighted by molar-refractivity contribution is -0.113. The number of allylic oxidation sites excluding steroid dienone is 3. The fraction of sp³-hybridized carbons (Fsp3) is 0.294. The average Bonchev–Trinajstić information content (AvgIpc) is 2.52. The number of Topliss-reactive ketones (excluding diaryl/α,β-unsaturated/α-hetero) is 1. The van der Waals surface area contributed by atoms with E-state index in [0.29, 0.717) is 16.2 Å². The molecule has 2 rings (SSSR count). The van der Waals surface area contributed by atoms with Gasteiger partial charge in [-0.3, -0.25) is 4.79 Å². The minimum Gasteiger partial charge on any atom is -0.353 e. The Bertz CT molecular complexity index is 734. The second-order valence-corrected chi connectivity index (χ2v) is 7.70. The minimum atomic E-state index is -0.420. The van der Waals surface area contributed by atoms with Crippen LogP contribution >= 0.6 is 35.1 Å². The Hall–Kier alpha value is -1.35. The van der Waals surface area contributed by atoms with E-state index < -0.39 is 5.92 Å². The molecule has 0 fully saturated rings. The second kappa shape index (κ2) is 7.96. The van der Waals surface area contributed by atoms with Gasteiger partial charge in [-0.2, -0.15) is 17.0 Å². The summed E-state index contributed by atoms with van der Waals surface area (Å²) < 4.78 is 0. The van der Waals surface area contributed by atoms with Gasteiger partial charge >= 0.3 is 0 Å². The van der Waals surface area contributed by atoms with E-state index in [1.807, 2.05) is 31.4 Å². The summed E-state index contributed by atoms with van der Waals surface area (Å²) >= 11 is 9.61. The van der Waals surface area contributed by atoms with Gasteiger partial charge in [-0.05, 0) is 31.7 Å². The lowest BCUT2D eigenvalue weighted by Crippen LogP contribution is -2.27. The van der Waals surface area contributed by atoms with E-state index in [1.54, 1.807) is 29.6 Å². The summed E-state index contributed by atoms with van der Waals surface area (Å²) in [4.78, 5) is 12.2. The fourth-order valence-corrected chi connectivity index (χ4v) is 4.36. The van der Waals surface area contributed by atoms with Crippen molar-refractivity contribution in [3.63, 3.8) is 0 Å². The van der Waals surface area contributed by atoms with Crippen molar-refractivity contribution in [2.24, 2.45) is 0 Å². The highest BCUT2D eigenvalue weighted by molar-refractivity contribution is 8.17. The van der Waals surface area contributed by atoms with Crippen LogP contribution in [0.2, 0.25) is 5.02 Å². The van der Waals surface area contributed by atoms with E-state index >= 15 is 0 Å². The first-order valence-corrected chi connectivity index (χ1v) is 9.76. The van der Waals surface area contributed by atoms with Crippen LogP contribution in [-0.2, 0) is 4.79 Å². The fourth-order valence-electron chi connectivity index (χ4n) is 2.63. The quantitative estimate of drug-likeness (QED) is 0.769. The summed E-state index contributed by atoms with van der Waals surface area (Å²) in [5.41, 5.74) is 2.72. The largest absolute Gasteiger partial charge is 0.353 e. The Morgan fingerprint density at radius 3 is 2.70 bits per heavy atom. The molecule has 1 aromatic rings. The maximum atomic E-state index is 12.2. The van der Waals surface area contributed by atoms with Crippen molar-refractivity contribution in [1.29, 1.82) is 5.26 Å². The maximum Gasteiger partial charge on any atom is 0.158 e. The lowest BCUT2D eigenvalue weighted by Gasteiger charge is -2.29. The molecule has 0 spiro atoms. The van der Waals surface area contributed by atoms with Crippen molar-refractivity contribution in [2.45, 2.75) is 19.8 Å². The van der Waals surface area contributed by atoms with Gasteiger partial charge in [0.1, 0.15) is 0 Å². The Labute approximate surface area is 150 Å². The zero-order valence-electron chi connectivity index (χ0n) is 13.1. The standard InChI is InChI=1S/C17H17ClN2OS2/c1-10-15(11(2)21)16(12-6-4-5-7-14(12)18)13(8-19)17(20-10)23-9-22-3/h4-7,16,20H,9H2,1-3H3/t16-/m0/s1. The van der Waals surface area contributed by atoms with Gasteiger partial charge in [0, 0.05) is 21.4 Å². The van der Waals surface area contributed by atoms with Crippen LogP contribution in [0.15, 0.2) is 46.1 Å². The lowest BCUT2D eigenvalue weighted by atomic mass is 9.81. The number of thioether (sulfide) groups is 2. The number of nitriles is 1. The van der Waals surface area contributed by atoms with Crippen molar-refractivity contribution in [3.05, 3.63) is 56.7 Å². The van der Waals surface area contributed by atoms with Gasteiger partial charge in [-0.15, -0.1) is 0 Å². The van der Waals surface area contributed by atoms with E-state index in [0.717, 1.165) is 21.4 Å². The zero-order valence-corrected chi connectivity index (χ0v) is 15.5. The molecule has 0 radical (unpaired) electrons. The van der Waals surface area contributed by atoms with Crippen molar-refractivity contribution in [2.75, 3.05) is 11.3 Å². The Morgan fingerprint density at radius 2 is 2.13 bits per heavy atom. The minimum absolute atomic E-state index is 0.0541. The molecule has 1 atom stereocenters. The first kappa shape index (κ1) is 18.0. The van der Waals surface area contributed by atoms with Crippen molar-refractivity contribution < 1.29 is 4.79 Å². The molecule has 0 unspecified atom stereocenters. The molecule has 0 saturated carbocycles. The van der Waals surface area contributed by atoms with Crippen LogP contribution in [0.1, 0.15) is 25.3 Å². The summed E-state index contributed by atoms with van der Waals surface area (Å²) in [5.74, 6) is -0.474. The molecule has 1 N–H and O–H groups in total. The molecule has 0 aromatic heterocycles. The Kier molecular flexibility index (Phi) is 6.23. The molecular formula is C17H17ClN2OS2. The average molecular weight is 365 g/mol. The van der Waals surface area contributed by atoms with Crippen LogP contribution in [0, 0.1) is 11.3 Å². The smallest absolute Gasteiger partial charge is 0.158 e. The number of halogens is 1. The van der Waals surface area contributed by atoms with E-state index in [9.17, 15) is 10.1 Å². The number of nitrogens with zero attached hydrogens (tertiary/aromatic N) is 1. The highest BCUT2D eigenvalue weighted by Crippen LogP contribution is 2.43. The third kappa shape index (κ3) is 3.77. The predicted molar refractivity (Wildman–Crippen MR) is 99.3 cm³/mol. The third-order valence-corrected chi connectivity index (χ3v) is 5.93. The molecule has 0 aliphatic carbocycles. The highest BCUT2D eigenvalue weighted by Gasteiger charge is 2.33. The molecular weight excluding hydrogens is 348 g/mol. The SMILES string of the molecule is CSCSC1=C(C#N)[C@H](c2ccccc2Cl)C(C(C)=O)=C(C)N1. The third-order valence-electron chi connectivity index (χ3n) is 3.56. The number of rotatable bonds is 5. The van der Waals surface area contributed by atoms with Crippen LogP contribution < -0.4 is 5.32 Å². The predicted octanol–water partition coefficient (Wildman–Crippen LogP) is 4.68. The second-order valence-electron chi connectivity index (χ2n) is 5.08. The molecule has 1 aliphatic heterocycles. The number of carbonyl (C=O) groups excluding carboxylic acids is 1. The number of dihydropyridines is 1. The van der Waals surface area contributed by atoms with Gasteiger partial charge < -0.3 is 5.32 Å². The summed E-state index contributed by atoms with van der Waals surface area (Å²) in [7, 11) is 0. The number of nitrogens with one attached hydrogen (secondary N) is 1. The zero-order chi connectivity index (χ0) is 17.0. The molecule has 120 valence electrons. The summed E-state index contributed by atoms with van der Waals surface area (Å²) in [6.45, 7) is 3.40. The molecule has 3 nitrogen and oxygen atoms in total. The van der Waals surface area contributed by atoms with Crippen molar-refractivity contribution in [1.82, 2.24) is 5.32 Å². The first-order chi connectivity index (χ1) is 11.0. The molecule has 1 aliphatic rings. The number of ketones is 1. The van der Waals surface area contributed by atoms with Gasteiger partial charge in [0.05, 0.1) is 22.6 Å². The Balaban J connectivity index is 2.64. The van der Waals surface area contributed by atoms with Crippen LogP contribution in [0.25, 0.3) is 0 Å². The summed E-state index contributed by atoms with van der Waals surface area (Å²) in [6.07, 6.45) is 2.01. The molecule has 23 heavy (non-hydrogen) atoms. The molecule has 0 saturated heterocycles. The van der Waals surface area contributed by atoms with E-state index in [-0.39, 0.29) is 5.78 Å². The van der Waals surface area contributed by atoms with E-state index in [4.69, 9.17) is 11.6 Å². The van der Waals surface area contributed by atoms with Gasteiger partial charge in [0.25, 0.3) is 0 Å². The summed E-state index contributed by atoms with van der Waals surface area (Å²) in [6, 6.07) is 9.67. The monoisotopic (exact) mass is 364 g/mol. The van der Waals surface area contributed by atoms with Crippen LogP contribution in [0.3, 0.4) is 0 Å². The number of hydrogen-bond acceptors (Lipinski definition) is 5. The molecule has 6 heteroatoms. The van der Waals surface area contributed by atoms with Crippen molar-refractivity contribution >= 4 is 40.9 Å². The molecule has 1 aromatic carbocycles. The highest BCUT2D eigenvalue weighted by atomic mass is 35.5.